The van der Waals surface area contributed by atoms with Crippen LogP contribution >= 0.6 is 23.2 Å². The van der Waals surface area contributed by atoms with E-state index in [0.29, 0.717) is 10.0 Å². The maximum Gasteiger partial charge on any atom is 0.130 e. The maximum atomic E-state index is 6.24. The smallest absolute Gasteiger partial charge is 0.130 e. The molecule has 106 valence electrons. The zero-order valence-corrected chi connectivity index (χ0v) is 12.6. The lowest BCUT2D eigenvalue weighted by molar-refractivity contribution is 0.499. The van der Waals surface area contributed by atoms with Gasteiger partial charge in [0.15, 0.2) is 0 Å². The van der Waals surface area contributed by atoms with E-state index in [2.05, 4.69) is 5.32 Å². The molecule has 0 saturated heterocycles. The van der Waals surface area contributed by atoms with Gasteiger partial charge >= 0.3 is 0 Å². The molecular weight excluding hydrogens is 305 g/mol. The molecule has 0 radical (unpaired) electrons. The first-order valence-electron chi connectivity index (χ1n) is 6.54. The minimum Gasteiger partial charge on any atom is -0.467 e. The van der Waals surface area contributed by atoms with Crippen molar-refractivity contribution in [2.45, 2.75) is 6.04 Å². The summed E-state index contributed by atoms with van der Waals surface area (Å²) in [6, 6.07) is 19.1. The van der Waals surface area contributed by atoms with Crippen molar-refractivity contribution < 1.29 is 4.42 Å². The normalized spacial score (nSPS) is 12.1. The lowest BCUT2D eigenvalue weighted by Crippen LogP contribution is -2.11. The first-order valence-corrected chi connectivity index (χ1v) is 7.29. The highest BCUT2D eigenvalue weighted by molar-refractivity contribution is 6.35. The van der Waals surface area contributed by atoms with Gasteiger partial charge in [0.05, 0.1) is 17.0 Å². The van der Waals surface area contributed by atoms with Crippen molar-refractivity contribution in [3.05, 3.63) is 88.3 Å². The molecule has 0 saturated carbocycles. The number of rotatable bonds is 4. The van der Waals surface area contributed by atoms with Gasteiger partial charge in [0.25, 0.3) is 0 Å². The van der Waals surface area contributed by atoms with Gasteiger partial charge in [-0.15, -0.1) is 0 Å². The maximum absolute atomic E-state index is 6.24. The van der Waals surface area contributed by atoms with Gasteiger partial charge in [-0.3, -0.25) is 0 Å². The highest BCUT2D eigenvalue weighted by Crippen LogP contribution is 2.32. The van der Waals surface area contributed by atoms with Crippen LogP contribution in [0.1, 0.15) is 17.4 Å². The average Bonchev–Trinajstić information content (AvgIpc) is 3.03. The van der Waals surface area contributed by atoms with Crippen LogP contribution in [0.25, 0.3) is 0 Å². The summed E-state index contributed by atoms with van der Waals surface area (Å²) in [5.41, 5.74) is 1.86. The summed E-state index contributed by atoms with van der Waals surface area (Å²) in [6.07, 6.45) is 1.66. The summed E-state index contributed by atoms with van der Waals surface area (Å²) in [7, 11) is 0. The standard InChI is InChI=1S/C17H13Cl2NO/c18-13-8-9-14(19)15(11-13)20-17(16-7-4-10-21-16)12-5-2-1-3-6-12/h1-11,17,20H. The lowest BCUT2D eigenvalue weighted by Gasteiger charge is -2.19. The molecule has 1 heterocycles. The van der Waals surface area contributed by atoms with Gasteiger partial charge in [-0.25, -0.2) is 0 Å². The Morgan fingerprint density at radius 2 is 1.71 bits per heavy atom. The zero-order chi connectivity index (χ0) is 14.7. The van der Waals surface area contributed by atoms with Gasteiger partial charge in [0, 0.05) is 5.02 Å². The Balaban J connectivity index is 1.99. The zero-order valence-electron chi connectivity index (χ0n) is 11.1. The summed E-state index contributed by atoms with van der Waals surface area (Å²) < 4.78 is 5.55. The van der Waals surface area contributed by atoms with E-state index in [-0.39, 0.29) is 6.04 Å². The molecule has 1 aromatic heterocycles. The number of hydrogen-bond donors (Lipinski definition) is 1. The topological polar surface area (TPSA) is 25.2 Å². The highest BCUT2D eigenvalue weighted by atomic mass is 35.5. The van der Waals surface area contributed by atoms with E-state index in [0.717, 1.165) is 17.0 Å². The molecule has 2 aromatic carbocycles. The van der Waals surface area contributed by atoms with Crippen molar-refractivity contribution in [2.24, 2.45) is 0 Å². The first kappa shape index (κ1) is 14.1. The molecule has 1 atom stereocenters. The predicted molar refractivity (Wildman–Crippen MR) is 87.1 cm³/mol. The van der Waals surface area contributed by atoms with Gasteiger partial charge in [0.2, 0.25) is 0 Å². The molecule has 4 heteroatoms. The van der Waals surface area contributed by atoms with Crippen LogP contribution in [0.5, 0.6) is 0 Å². The molecule has 3 rings (SSSR count). The van der Waals surface area contributed by atoms with Crippen LogP contribution in [0.15, 0.2) is 71.3 Å². The number of nitrogens with one attached hydrogen (secondary N) is 1. The second-order valence-electron chi connectivity index (χ2n) is 4.63. The second-order valence-corrected chi connectivity index (χ2v) is 5.47. The van der Waals surface area contributed by atoms with Crippen LogP contribution in [-0.2, 0) is 0 Å². The Labute approximate surface area is 133 Å². The minimum atomic E-state index is -0.128. The molecule has 0 aliphatic carbocycles. The number of furan rings is 1. The van der Waals surface area contributed by atoms with E-state index >= 15 is 0 Å². The molecule has 0 spiro atoms. The number of hydrogen-bond acceptors (Lipinski definition) is 2. The predicted octanol–water partition coefficient (Wildman–Crippen LogP) is 5.79. The van der Waals surface area contributed by atoms with E-state index in [4.69, 9.17) is 27.6 Å². The average molecular weight is 318 g/mol. The molecule has 3 aromatic rings. The molecule has 0 fully saturated rings. The van der Waals surface area contributed by atoms with Gasteiger partial charge in [-0.1, -0.05) is 53.5 Å². The van der Waals surface area contributed by atoms with E-state index in [9.17, 15) is 0 Å². The van der Waals surface area contributed by atoms with Crippen molar-refractivity contribution in [2.75, 3.05) is 5.32 Å². The SMILES string of the molecule is Clc1ccc(Cl)c(NC(c2ccccc2)c2ccco2)c1. The Hall–Kier alpha value is -1.90. The van der Waals surface area contributed by atoms with E-state index < -0.39 is 0 Å². The second kappa shape index (κ2) is 6.25. The van der Waals surface area contributed by atoms with Crippen LogP contribution < -0.4 is 5.32 Å². The largest absolute Gasteiger partial charge is 0.467 e. The summed E-state index contributed by atoms with van der Waals surface area (Å²) in [6.45, 7) is 0. The van der Waals surface area contributed by atoms with Gasteiger partial charge < -0.3 is 9.73 Å². The van der Waals surface area contributed by atoms with Crippen LogP contribution in [0.4, 0.5) is 5.69 Å². The van der Waals surface area contributed by atoms with Crippen LogP contribution in [0.2, 0.25) is 10.0 Å². The minimum absolute atomic E-state index is 0.128. The van der Waals surface area contributed by atoms with Gasteiger partial charge in [-0.05, 0) is 35.9 Å². The summed E-state index contributed by atoms with van der Waals surface area (Å²) >= 11 is 12.3. The van der Waals surface area contributed by atoms with Crippen LogP contribution in [-0.4, -0.2) is 0 Å². The third kappa shape index (κ3) is 3.23. The van der Waals surface area contributed by atoms with Crippen molar-refractivity contribution >= 4 is 28.9 Å². The highest BCUT2D eigenvalue weighted by Gasteiger charge is 2.17. The molecule has 0 amide bonds. The molecule has 21 heavy (non-hydrogen) atoms. The summed E-state index contributed by atoms with van der Waals surface area (Å²) in [5.74, 6) is 0.817. The Bertz CT molecular complexity index is 711. The fourth-order valence-electron chi connectivity index (χ4n) is 2.18. The lowest BCUT2D eigenvalue weighted by atomic mass is 10.0. The monoisotopic (exact) mass is 317 g/mol. The molecule has 0 aliphatic heterocycles. The molecule has 0 bridgehead atoms. The quantitative estimate of drug-likeness (QED) is 0.659. The molecular formula is C17H13Cl2NO. The molecule has 1 unspecified atom stereocenters. The fraction of sp³-hybridized carbons (Fsp3) is 0.0588. The number of halogens is 2. The van der Waals surface area contributed by atoms with Crippen molar-refractivity contribution in [1.29, 1.82) is 0 Å². The van der Waals surface area contributed by atoms with Crippen molar-refractivity contribution in [1.82, 2.24) is 0 Å². The Morgan fingerprint density at radius 1 is 0.905 bits per heavy atom. The number of benzene rings is 2. The Morgan fingerprint density at radius 3 is 2.43 bits per heavy atom. The summed E-state index contributed by atoms with van der Waals surface area (Å²) in [4.78, 5) is 0. The third-order valence-electron chi connectivity index (χ3n) is 3.19. The fourth-order valence-corrected chi connectivity index (χ4v) is 2.53. The molecule has 1 N–H and O–H groups in total. The van der Waals surface area contributed by atoms with Gasteiger partial charge in [0.1, 0.15) is 11.8 Å². The van der Waals surface area contributed by atoms with Crippen molar-refractivity contribution in [3.63, 3.8) is 0 Å². The molecule has 0 aliphatic rings. The van der Waals surface area contributed by atoms with E-state index in [1.807, 2.05) is 48.5 Å². The van der Waals surface area contributed by atoms with Gasteiger partial charge in [-0.2, -0.15) is 0 Å². The summed E-state index contributed by atoms with van der Waals surface area (Å²) in [5, 5.41) is 4.65. The van der Waals surface area contributed by atoms with Crippen LogP contribution in [0, 0.1) is 0 Å². The van der Waals surface area contributed by atoms with E-state index in [1.165, 1.54) is 0 Å². The third-order valence-corrected chi connectivity index (χ3v) is 3.75. The van der Waals surface area contributed by atoms with Crippen LogP contribution in [0.3, 0.4) is 0 Å². The van der Waals surface area contributed by atoms with E-state index in [1.54, 1.807) is 18.4 Å². The first-order chi connectivity index (χ1) is 10.2. The van der Waals surface area contributed by atoms with Crippen molar-refractivity contribution in [3.8, 4) is 0 Å². The Kier molecular flexibility index (Phi) is 4.18. The molecule has 2 nitrogen and oxygen atoms in total. The number of anilines is 1.